The summed E-state index contributed by atoms with van der Waals surface area (Å²) in [7, 11) is 4.69. The van der Waals surface area contributed by atoms with Gasteiger partial charge < -0.3 is 63.1 Å². The van der Waals surface area contributed by atoms with E-state index in [0.29, 0.717) is 32.1 Å². The highest BCUT2D eigenvalue weighted by Crippen LogP contribution is 2.68. The highest BCUT2D eigenvalue weighted by molar-refractivity contribution is 5.80. The van der Waals surface area contributed by atoms with Gasteiger partial charge in [-0.15, -0.1) is 0 Å². The second-order valence-electron chi connectivity index (χ2n) is 18.4. The Morgan fingerprint density at radius 2 is 1.38 bits per heavy atom. The Morgan fingerprint density at radius 3 is 1.98 bits per heavy atom. The first-order valence-electron chi connectivity index (χ1n) is 21.0. The van der Waals surface area contributed by atoms with E-state index in [2.05, 4.69) is 13.0 Å². The largest absolute Gasteiger partial charge is 0.392 e. The molecule has 0 spiro atoms. The number of hydrogen-bond donors (Lipinski definition) is 4. The van der Waals surface area contributed by atoms with E-state index in [0.717, 1.165) is 25.7 Å². The third-order valence-electron chi connectivity index (χ3n) is 15.7. The lowest BCUT2D eigenvalue weighted by molar-refractivity contribution is -0.352. The molecule has 0 radical (unpaired) electrons. The van der Waals surface area contributed by atoms with Gasteiger partial charge in [0.1, 0.15) is 36.3 Å². The lowest BCUT2D eigenvalue weighted by atomic mass is 9.45. The number of rotatable bonds is 10. The zero-order valence-corrected chi connectivity index (χ0v) is 34.7. The minimum atomic E-state index is -1.21. The molecule has 4 N–H and O–H groups in total. The fraction of sp³-hybridized carbons (Fsp3) is 0.929. The number of Topliss-reactive ketones (excluding diaryl/α,β-unsaturated/α-hetero) is 1. The maximum atomic E-state index is 12.6. The lowest BCUT2D eigenvalue weighted by Gasteiger charge is -2.62. The molecule has 0 aromatic carbocycles. The summed E-state index contributed by atoms with van der Waals surface area (Å²) in [4.78, 5) is 12.6. The van der Waals surface area contributed by atoms with Crippen LogP contribution in [0.3, 0.4) is 0 Å². The maximum absolute atomic E-state index is 12.6. The summed E-state index contributed by atoms with van der Waals surface area (Å²) >= 11 is 0. The van der Waals surface area contributed by atoms with Gasteiger partial charge in [-0.25, -0.2) is 0 Å². The fourth-order valence-corrected chi connectivity index (χ4v) is 12.3. The monoisotopic (exact) mass is 796 g/mol. The Morgan fingerprint density at radius 1 is 0.750 bits per heavy atom. The topological polar surface area (TPSA) is 181 Å². The van der Waals surface area contributed by atoms with Crippen molar-refractivity contribution in [3.8, 4) is 0 Å². The van der Waals surface area contributed by atoms with Crippen molar-refractivity contribution < 1.29 is 67.9 Å². The number of methoxy groups -OCH3 is 3. The molecular weight excluding hydrogens is 728 g/mol. The van der Waals surface area contributed by atoms with E-state index < -0.39 is 84.8 Å². The first-order chi connectivity index (χ1) is 26.5. The van der Waals surface area contributed by atoms with Crippen LogP contribution >= 0.6 is 0 Å². The quantitative estimate of drug-likeness (QED) is 0.237. The average molecular weight is 797 g/mol. The molecule has 0 amide bonds. The predicted molar refractivity (Wildman–Crippen MR) is 200 cm³/mol. The molecule has 14 heteroatoms. The number of ketones is 1. The second-order valence-corrected chi connectivity index (χ2v) is 18.4. The van der Waals surface area contributed by atoms with E-state index in [4.69, 9.17) is 42.6 Å². The summed E-state index contributed by atoms with van der Waals surface area (Å²) in [6, 6.07) is 0. The smallest absolute Gasteiger partial charge is 0.187 e. The van der Waals surface area contributed by atoms with Gasteiger partial charge in [0, 0.05) is 45.5 Å². The van der Waals surface area contributed by atoms with E-state index in [-0.39, 0.29) is 47.3 Å². The third-order valence-corrected chi connectivity index (χ3v) is 15.7. The summed E-state index contributed by atoms with van der Waals surface area (Å²) in [6.45, 7) is 11.4. The van der Waals surface area contributed by atoms with Crippen molar-refractivity contribution in [1.29, 1.82) is 0 Å². The Labute approximate surface area is 331 Å². The van der Waals surface area contributed by atoms with Gasteiger partial charge in [-0.1, -0.05) is 25.5 Å². The van der Waals surface area contributed by atoms with Crippen molar-refractivity contribution in [3.05, 3.63) is 11.6 Å². The molecule has 0 aromatic rings. The Bertz CT molecular complexity index is 1430. The van der Waals surface area contributed by atoms with Crippen LogP contribution in [0.1, 0.15) is 99.3 Å². The van der Waals surface area contributed by atoms with E-state index in [1.165, 1.54) is 12.7 Å². The van der Waals surface area contributed by atoms with Crippen molar-refractivity contribution in [2.45, 2.75) is 197 Å². The molecule has 6 fully saturated rings. The van der Waals surface area contributed by atoms with Gasteiger partial charge >= 0.3 is 0 Å². The predicted octanol–water partition coefficient (Wildman–Crippen LogP) is 3.18. The number of hydrogen-bond acceptors (Lipinski definition) is 14. The molecular formula is C42H68O14. The van der Waals surface area contributed by atoms with Crippen molar-refractivity contribution in [1.82, 2.24) is 0 Å². The summed E-state index contributed by atoms with van der Waals surface area (Å²) in [5, 5.41) is 45.2. The molecule has 14 nitrogen and oxygen atoms in total. The number of allylic oxidation sites excluding steroid dienone is 1. The highest BCUT2D eigenvalue weighted by Gasteiger charge is 2.70. The van der Waals surface area contributed by atoms with Crippen LogP contribution in [0.25, 0.3) is 0 Å². The van der Waals surface area contributed by atoms with E-state index in [9.17, 15) is 25.2 Å². The van der Waals surface area contributed by atoms with Gasteiger partial charge in [-0.05, 0) is 89.9 Å². The van der Waals surface area contributed by atoms with Gasteiger partial charge in [-0.2, -0.15) is 0 Å². The van der Waals surface area contributed by atoms with Crippen molar-refractivity contribution in [2.75, 3.05) is 21.3 Å². The number of aliphatic hydroxyl groups is 4. The second kappa shape index (κ2) is 16.4. The van der Waals surface area contributed by atoms with Crippen molar-refractivity contribution >= 4 is 5.78 Å². The minimum absolute atomic E-state index is 0.00312. The number of aliphatic hydroxyl groups excluding tert-OH is 3. The van der Waals surface area contributed by atoms with Crippen LogP contribution in [0.15, 0.2) is 11.6 Å². The van der Waals surface area contributed by atoms with Crippen molar-refractivity contribution in [2.24, 2.45) is 28.6 Å². The van der Waals surface area contributed by atoms with Crippen molar-refractivity contribution in [3.63, 3.8) is 0 Å². The van der Waals surface area contributed by atoms with Gasteiger partial charge in [0.25, 0.3) is 0 Å². The summed E-state index contributed by atoms with van der Waals surface area (Å²) in [6.07, 6.45) is -1.20. The van der Waals surface area contributed by atoms with Gasteiger partial charge in [0.2, 0.25) is 0 Å². The van der Waals surface area contributed by atoms with E-state index >= 15 is 0 Å². The fourth-order valence-electron chi connectivity index (χ4n) is 12.3. The Balaban J connectivity index is 0.950. The van der Waals surface area contributed by atoms with Gasteiger partial charge in [0.05, 0.1) is 48.3 Å². The van der Waals surface area contributed by atoms with Crippen LogP contribution < -0.4 is 0 Å². The van der Waals surface area contributed by atoms with Gasteiger partial charge in [-0.3, -0.25) is 4.79 Å². The molecule has 56 heavy (non-hydrogen) atoms. The average Bonchev–Trinajstić information content (AvgIpc) is 3.45. The standard InChI is InChI=1S/C42H68O14/c1-20(43)26-13-15-42(47)27-11-10-24-16-25(12-14-40(24,5)28(27)17-31(44)41(26,42)6)54-32-18-29(48-7)36(22(3)51-32)55-33-19-30(49-8)37(23(4)52-33)56-39-35(46)38(50-9)34(45)21(2)53-39/h10,21-23,25-39,44-47H,11-19H2,1-9H3. The molecule has 320 valence electrons. The number of ether oxygens (including phenoxy) is 9. The SMILES string of the molecule is COC1CC(OC2CCC3(C)C(=CCC4C3CC(O)C3(C)C(C(C)=O)CCC43O)C2)OC(C)C1OC1CC(OC)C(OC2OC(C)C(O)C(OC)C2O)C(C)O1. The normalized spacial score (nSPS) is 53.4. The molecule has 3 saturated heterocycles. The number of carbonyl (C=O) groups is 1. The molecule has 0 aromatic heterocycles. The molecule has 21 unspecified atom stereocenters. The zero-order chi connectivity index (χ0) is 40.5. The molecule has 3 heterocycles. The number of fused-ring (bicyclic) bond motifs is 5. The number of carbonyl (C=O) groups excluding carboxylic acids is 1. The van der Waals surface area contributed by atoms with Crippen LogP contribution in [0, 0.1) is 28.6 Å². The highest BCUT2D eigenvalue weighted by atomic mass is 16.8. The molecule has 3 saturated carbocycles. The Kier molecular flexibility index (Phi) is 12.6. The summed E-state index contributed by atoms with van der Waals surface area (Å²) in [5.41, 5.74) is -0.732. The summed E-state index contributed by atoms with van der Waals surface area (Å²) < 4.78 is 55.2. The molecule has 0 bridgehead atoms. The Hall–Kier alpha value is -1.11. The zero-order valence-electron chi connectivity index (χ0n) is 34.7. The van der Waals surface area contributed by atoms with Crippen LogP contribution in [0.2, 0.25) is 0 Å². The maximum Gasteiger partial charge on any atom is 0.187 e. The molecule has 4 aliphatic carbocycles. The molecule has 21 atom stereocenters. The van der Waals surface area contributed by atoms with Crippen LogP contribution in [-0.2, 0) is 47.4 Å². The van der Waals surface area contributed by atoms with E-state index in [1.807, 2.05) is 20.8 Å². The van der Waals surface area contributed by atoms with E-state index in [1.54, 1.807) is 28.1 Å². The van der Waals surface area contributed by atoms with Gasteiger partial charge in [0.15, 0.2) is 18.9 Å². The van der Waals surface area contributed by atoms with Crippen LogP contribution in [-0.4, -0.2) is 145 Å². The molecule has 3 aliphatic heterocycles. The molecule has 7 aliphatic rings. The minimum Gasteiger partial charge on any atom is -0.392 e. The third kappa shape index (κ3) is 7.17. The lowest BCUT2D eigenvalue weighted by Crippen LogP contribution is -2.66. The summed E-state index contributed by atoms with van der Waals surface area (Å²) in [5.74, 6) is -0.127. The van der Waals surface area contributed by atoms with Crippen LogP contribution in [0.4, 0.5) is 0 Å². The van der Waals surface area contributed by atoms with Crippen LogP contribution in [0.5, 0.6) is 0 Å². The first kappa shape index (κ1) is 43.0. The first-order valence-corrected chi connectivity index (χ1v) is 21.0. The molecule has 7 rings (SSSR count).